The van der Waals surface area contributed by atoms with Crippen molar-refractivity contribution in [3.05, 3.63) is 64.1 Å². The monoisotopic (exact) mass is 448 g/mol. The number of alkyl halides is 3. The number of thioether (sulfide) groups is 1. The van der Waals surface area contributed by atoms with Crippen LogP contribution < -0.4 is 10.2 Å². The molecule has 0 saturated heterocycles. The predicted octanol–water partition coefficient (Wildman–Crippen LogP) is 5.59. The molecule has 4 nitrogen and oxygen atoms in total. The molecule has 0 aliphatic carbocycles. The molecule has 1 aliphatic rings. The van der Waals surface area contributed by atoms with Gasteiger partial charge in [0, 0.05) is 24.1 Å². The van der Waals surface area contributed by atoms with Gasteiger partial charge in [0.05, 0.1) is 16.2 Å². The van der Waals surface area contributed by atoms with Gasteiger partial charge in [0.1, 0.15) is 0 Å². The zero-order chi connectivity index (χ0) is 22.8. The first-order valence-corrected chi connectivity index (χ1v) is 10.6. The van der Waals surface area contributed by atoms with E-state index >= 15 is 0 Å². The first-order valence-electron chi connectivity index (χ1n) is 9.83. The zero-order valence-corrected chi connectivity index (χ0v) is 18.2. The number of hydrogen-bond donors (Lipinski definition) is 1. The van der Waals surface area contributed by atoms with E-state index in [4.69, 9.17) is 0 Å². The lowest BCUT2D eigenvalue weighted by atomic mass is 10.1. The lowest BCUT2D eigenvalue weighted by molar-refractivity contribution is -0.137. The Morgan fingerprint density at radius 1 is 1.16 bits per heavy atom. The number of halogens is 3. The number of carbonyl (C=O) groups excluding carboxylic acids is 2. The highest BCUT2D eigenvalue weighted by Crippen LogP contribution is 2.42. The van der Waals surface area contributed by atoms with E-state index in [1.165, 1.54) is 28.8 Å². The van der Waals surface area contributed by atoms with Crippen molar-refractivity contribution >= 4 is 35.3 Å². The maximum atomic E-state index is 12.8. The summed E-state index contributed by atoms with van der Waals surface area (Å²) in [6, 6.07) is 9.82. The lowest BCUT2D eigenvalue weighted by Crippen LogP contribution is -2.31. The van der Waals surface area contributed by atoms with Crippen LogP contribution in [0.4, 0.5) is 18.9 Å². The third-order valence-corrected chi connectivity index (χ3v) is 5.94. The summed E-state index contributed by atoms with van der Waals surface area (Å²) in [6.07, 6.45) is -1.96. The van der Waals surface area contributed by atoms with Gasteiger partial charge in [0.15, 0.2) is 0 Å². The Morgan fingerprint density at radius 3 is 2.45 bits per heavy atom. The van der Waals surface area contributed by atoms with Gasteiger partial charge in [-0.3, -0.25) is 9.59 Å². The summed E-state index contributed by atoms with van der Waals surface area (Å²) >= 11 is 1.23. The van der Waals surface area contributed by atoms with Crippen LogP contribution in [0.5, 0.6) is 0 Å². The van der Waals surface area contributed by atoms with Gasteiger partial charge in [0.25, 0.3) is 11.8 Å². The average molecular weight is 449 g/mol. The van der Waals surface area contributed by atoms with E-state index in [1.54, 1.807) is 31.3 Å². The molecule has 2 amide bonds. The van der Waals surface area contributed by atoms with E-state index in [2.05, 4.69) is 19.2 Å². The second kappa shape index (κ2) is 9.18. The van der Waals surface area contributed by atoms with Gasteiger partial charge in [-0.1, -0.05) is 37.7 Å². The molecule has 0 radical (unpaired) electrons. The molecule has 31 heavy (non-hydrogen) atoms. The van der Waals surface area contributed by atoms with Crippen molar-refractivity contribution in [2.75, 3.05) is 18.5 Å². The van der Waals surface area contributed by atoms with Crippen LogP contribution >= 0.6 is 11.8 Å². The maximum Gasteiger partial charge on any atom is 0.416 e. The predicted molar refractivity (Wildman–Crippen MR) is 117 cm³/mol. The number of rotatable bonds is 5. The topological polar surface area (TPSA) is 49.4 Å². The van der Waals surface area contributed by atoms with Crippen LogP contribution in [0.15, 0.2) is 52.3 Å². The average Bonchev–Trinajstić information content (AvgIpc) is 2.71. The van der Waals surface area contributed by atoms with Gasteiger partial charge in [0.2, 0.25) is 0 Å². The zero-order valence-electron chi connectivity index (χ0n) is 17.4. The summed E-state index contributed by atoms with van der Waals surface area (Å²) < 4.78 is 38.2. The highest BCUT2D eigenvalue weighted by Gasteiger charge is 2.30. The summed E-state index contributed by atoms with van der Waals surface area (Å²) in [4.78, 5) is 27.8. The highest BCUT2D eigenvalue weighted by molar-refractivity contribution is 8.04. The lowest BCUT2D eigenvalue weighted by Gasteiger charge is -2.27. The highest BCUT2D eigenvalue weighted by atomic mass is 32.2. The van der Waals surface area contributed by atoms with Crippen LogP contribution in [0.1, 0.15) is 41.8 Å². The van der Waals surface area contributed by atoms with Crippen LogP contribution in [0.2, 0.25) is 0 Å². The molecule has 0 bridgehead atoms. The minimum absolute atomic E-state index is 0.194. The number of hydrogen-bond acceptors (Lipinski definition) is 3. The molecule has 0 spiro atoms. The Labute approximate surface area is 183 Å². The van der Waals surface area contributed by atoms with Crippen molar-refractivity contribution in [3.63, 3.8) is 0 Å². The van der Waals surface area contributed by atoms with Gasteiger partial charge >= 0.3 is 6.18 Å². The first-order chi connectivity index (χ1) is 14.6. The second-order valence-corrected chi connectivity index (χ2v) is 8.80. The van der Waals surface area contributed by atoms with E-state index < -0.39 is 11.7 Å². The Hall–Kier alpha value is -2.74. The van der Waals surface area contributed by atoms with Crippen molar-refractivity contribution in [2.24, 2.45) is 5.92 Å². The molecule has 2 aromatic rings. The Balaban J connectivity index is 1.80. The molecule has 0 unspecified atom stereocenters. The molecule has 1 heterocycles. The Kier molecular flexibility index (Phi) is 6.79. The number of amides is 2. The van der Waals surface area contributed by atoms with Gasteiger partial charge in [-0.15, -0.1) is 0 Å². The molecular formula is C23H23F3N2O2S. The molecule has 0 aromatic heterocycles. The van der Waals surface area contributed by atoms with Crippen LogP contribution in [-0.2, 0) is 11.0 Å². The van der Waals surface area contributed by atoms with E-state index in [0.717, 1.165) is 23.4 Å². The number of nitrogens with zero attached hydrogens (tertiary/aromatic N) is 1. The van der Waals surface area contributed by atoms with E-state index in [0.29, 0.717) is 34.2 Å². The molecular weight excluding hydrogens is 425 g/mol. The SMILES string of the molecule is CC(C)CCNC(=O)c1ccc2c(c1)N(C)C(=O)/C(=C/c1ccc(C(F)(F)F)cc1)S2. The third-order valence-electron chi connectivity index (χ3n) is 4.86. The second-order valence-electron chi connectivity index (χ2n) is 7.72. The molecule has 1 aliphatic heterocycles. The fourth-order valence-corrected chi connectivity index (χ4v) is 4.12. The normalized spacial score (nSPS) is 15.4. The van der Waals surface area contributed by atoms with Gasteiger partial charge < -0.3 is 10.2 Å². The van der Waals surface area contributed by atoms with Crippen LogP contribution in [0.3, 0.4) is 0 Å². The number of fused-ring (bicyclic) bond motifs is 1. The minimum atomic E-state index is -4.40. The van der Waals surface area contributed by atoms with Crippen LogP contribution in [0.25, 0.3) is 6.08 Å². The van der Waals surface area contributed by atoms with Crippen LogP contribution in [-0.4, -0.2) is 25.4 Å². The number of carbonyl (C=O) groups is 2. The smallest absolute Gasteiger partial charge is 0.352 e. The van der Waals surface area contributed by atoms with Crippen molar-refractivity contribution in [1.29, 1.82) is 0 Å². The third kappa shape index (κ3) is 5.50. The largest absolute Gasteiger partial charge is 0.416 e. The van der Waals surface area contributed by atoms with Crippen molar-refractivity contribution in [1.82, 2.24) is 5.32 Å². The first kappa shape index (κ1) is 22.9. The number of anilines is 1. The summed E-state index contributed by atoms with van der Waals surface area (Å²) in [5, 5.41) is 2.88. The van der Waals surface area contributed by atoms with Crippen molar-refractivity contribution in [2.45, 2.75) is 31.3 Å². The molecule has 8 heteroatoms. The molecule has 0 saturated carbocycles. The fourth-order valence-electron chi connectivity index (χ4n) is 3.03. The Morgan fingerprint density at radius 2 is 1.84 bits per heavy atom. The van der Waals surface area contributed by atoms with Gasteiger partial charge in [-0.05, 0) is 54.3 Å². The van der Waals surface area contributed by atoms with Crippen molar-refractivity contribution < 1.29 is 22.8 Å². The molecule has 0 atom stereocenters. The van der Waals surface area contributed by atoms with E-state index in [-0.39, 0.29) is 11.8 Å². The summed E-state index contributed by atoms with van der Waals surface area (Å²) in [5.74, 6) is 0.00835. The number of nitrogens with one attached hydrogen (secondary N) is 1. The quantitative estimate of drug-likeness (QED) is 0.607. The Bertz CT molecular complexity index is 1010. The van der Waals surface area contributed by atoms with E-state index in [1.807, 2.05) is 0 Å². The number of benzene rings is 2. The standard InChI is InChI=1S/C23H23F3N2O2S/c1-14(2)10-11-27-21(29)16-6-9-19-18(13-16)28(3)22(30)20(31-19)12-15-4-7-17(8-5-15)23(24,25)26/h4-9,12-14H,10-11H2,1-3H3,(H,27,29)/b20-12-. The summed E-state index contributed by atoms with van der Waals surface area (Å²) in [6.45, 7) is 4.74. The van der Waals surface area contributed by atoms with Gasteiger partial charge in [-0.25, -0.2) is 0 Å². The van der Waals surface area contributed by atoms with Crippen LogP contribution in [0, 0.1) is 5.92 Å². The van der Waals surface area contributed by atoms with E-state index in [9.17, 15) is 22.8 Å². The minimum Gasteiger partial charge on any atom is -0.352 e. The number of likely N-dealkylation sites (N-methyl/N-ethyl adjacent to an activating group) is 1. The van der Waals surface area contributed by atoms with Gasteiger partial charge in [-0.2, -0.15) is 13.2 Å². The molecule has 164 valence electrons. The molecule has 2 aromatic carbocycles. The molecule has 3 rings (SSSR count). The maximum absolute atomic E-state index is 12.8. The summed E-state index contributed by atoms with van der Waals surface area (Å²) in [7, 11) is 1.61. The summed E-state index contributed by atoms with van der Waals surface area (Å²) in [5.41, 5.74) is 0.856. The van der Waals surface area contributed by atoms with Crippen molar-refractivity contribution in [3.8, 4) is 0 Å². The molecule has 1 N–H and O–H groups in total. The molecule has 0 fully saturated rings. The fraction of sp³-hybridized carbons (Fsp3) is 0.304.